The first-order chi connectivity index (χ1) is 7.57. The predicted molar refractivity (Wildman–Crippen MR) is 68.7 cm³/mol. The fourth-order valence-corrected chi connectivity index (χ4v) is 2.18. The molecule has 2 heteroatoms. The zero-order chi connectivity index (χ0) is 12.1. The molecule has 0 radical (unpaired) electrons. The molecule has 90 valence electrons. The maximum atomic E-state index is 9.85. The summed E-state index contributed by atoms with van der Waals surface area (Å²) < 4.78 is 0. The van der Waals surface area contributed by atoms with E-state index in [1.807, 2.05) is 18.2 Å². The second kappa shape index (κ2) is 5.90. The van der Waals surface area contributed by atoms with Crippen LogP contribution in [0.15, 0.2) is 24.3 Å². The van der Waals surface area contributed by atoms with Gasteiger partial charge in [-0.2, -0.15) is 0 Å². The molecule has 0 bridgehead atoms. The maximum absolute atomic E-state index is 9.85. The Balaban J connectivity index is 2.90. The molecule has 1 rings (SSSR count). The van der Waals surface area contributed by atoms with Crippen molar-refractivity contribution < 1.29 is 5.11 Å². The van der Waals surface area contributed by atoms with Crippen molar-refractivity contribution in [2.24, 2.45) is 0 Å². The molecule has 0 amide bonds. The smallest absolute Gasteiger partial charge is 0.120 e. The number of benzene rings is 1. The van der Waals surface area contributed by atoms with E-state index in [1.165, 1.54) is 0 Å². The van der Waals surface area contributed by atoms with Gasteiger partial charge in [-0.1, -0.05) is 25.1 Å². The lowest BCUT2D eigenvalue weighted by atomic mass is 10.0. The van der Waals surface area contributed by atoms with Crippen LogP contribution in [0.25, 0.3) is 0 Å². The van der Waals surface area contributed by atoms with Crippen LogP contribution < -0.4 is 0 Å². The zero-order valence-electron chi connectivity index (χ0n) is 10.8. The van der Waals surface area contributed by atoms with Crippen LogP contribution in [0.3, 0.4) is 0 Å². The van der Waals surface area contributed by atoms with Crippen LogP contribution in [-0.2, 0) is 0 Å². The van der Waals surface area contributed by atoms with Crippen molar-refractivity contribution in [3.8, 4) is 5.75 Å². The van der Waals surface area contributed by atoms with Crippen molar-refractivity contribution >= 4 is 0 Å². The molecule has 1 atom stereocenters. The largest absolute Gasteiger partial charge is 0.508 e. The van der Waals surface area contributed by atoms with E-state index >= 15 is 0 Å². The Bertz CT molecular complexity index is 322. The van der Waals surface area contributed by atoms with Gasteiger partial charge in [-0.3, -0.25) is 4.90 Å². The molecule has 2 nitrogen and oxygen atoms in total. The monoisotopic (exact) mass is 221 g/mol. The van der Waals surface area contributed by atoms with Crippen LogP contribution >= 0.6 is 0 Å². The molecule has 1 N–H and O–H groups in total. The fourth-order valence-electron chi connectivity index (χ4n) is 2.18. The van der Waals surface area contributed by atoms with E-state index < -0.39 is 0 Å². The lowest BCUT2D eigenvalue weighted by Gasteiger charge is -2.33. The lowest BCUT2D eigenvalue weighted by molar-refractivity contribution is 0.162. The number of phenolic OH excluding ortho intramolecular Hbond substituents is 1. The highest BCUT2D eigenvalue weighted by atomic mass is 16.3. The van der Waals surface area contributed by atoms with Gasteiger partial charge in [0.05, 0.1) is 0 Å². The van der Waals surface area contributed by atoms with Gasteiger partial charge in [0.25, 0.3) is 0 Å². The number of aromatic hydroxyl groups is 1. The molecule has 1 unspecified atom stereocenters. The first-order valence-corrected chi connectivity index (χ1v) is 6.11. The molecular formula is C14H23NO. The van der Waals surface area contributed by atoms with Crippen molar-refractivity contribution in [1.29, 1.82) is 0 Å². The van der Waals surface area contributed by atoms with E-state index in [9.17, 15) is 5.11 Å². The summed E-state index contributed by atoms with van der Waals surface area (Å²) in [7, 11) is 0. The summed E-state index contributed by atoms with van der Waals surface area (Å²) in [6.45, 7) is 9.81. The molecule has 1 aromatic carbocycles. The van der Waals surface area contributed by atoms with Crippen LogP contribution in [0, 0.1) is 0 Å². The fraction of sp³-hybridized carbons (Fsp3) is 0.571. The van der Waals surface area contributed by atoms with Crippen molar-refractivity contribution in [3.63, 3.8) is 0 Å². The third-order valence-electron chi connectivity index (χ3n) is 3.03. The molecular weight excluding hydrogens is 198 g/mol. The van der Waals surface area contributed by atoms with Gasteiger partial charge in [0, 0.05) is 17.6 Å². The van der Waals surface area contributed by atoms with Crippen LogP contribution in [0.4, 0.5) is 0 Å². The van der Waals surface area contributed by atoms with Crippen LogP contribution in [-0.4, -0.2) is 22.6 Å². The molecule has 0 saturated heterocycles. The number of para-hydroxylation sites is 1. The van der Waals surface area contributed by atoms with Gasteiger partial charge in [0.15, 0.2) is 0 Å². The normalized spacial score (nSPS) is 13.4. The lowest BCUT2D eigenvalue weighted by Crippen LogP contribution is -2.34. The van der Waals surface area contributed by atoms with Crippen LogP contribution in [0.2, 0.25) is 0 Å². The average Bonchev–Trinajstić information content (AvgIpc) is 2.25. The SMILES string of the molecule is CCCN(C(C)C)C(C)c1ccccc1O. The van der Waals surface area contributed by atoms with E-state index in [2.05, 4.69) is 32.6 Å². The third kappa shape index (κ3) is 2.99. The highest BCUT2D eigenvalue weighted by Crippen LogP contribution is 2.29. The molecule has 0 fully saturated rings. The Morgan fingerprint density at radius 1 is 1.19 bits per heavy atom. The summed E-state index contributed by atoms with van der Waals surface area (Å²) in [4.78, 5) is 2.41. The first-order valence-electron chi connectivity index (χ1n) is 6.11. The van der Waals surface area contributed by atoms with Gasteiger partial charge >= 0.3 is 0 Å². The quantitative estimate of drug-likeness (QED) is 0.821. The maximum Gasteiger partial charge on any atom is 0.120 e. The summed E-state index contributed by atoms with van der Waals surface area (Å²) in [6.07, 6.45) is 1.14. The van der Waals surface area contributed by atoms with E-state index in [4.69, 9.17) is 0 Å². The van der Waals surface area contributed by atoms with E-state index in [0.717, 1.165) is 18.5 Å². The van der Waals surface area contributed by atoms with Gasteiger partial charge in [0.1, 0.15) is 5.75 Å². The molecule has 0 heterocycles. The minimum Gasteiger partial charge on any atom is -0.508 e. The molecule has 0 saturated carbocycles. The Labute approximate surface area is 98.9 Å². The molecule has 0 aliphatic heterocycles. The van der Waals surface area contributed by atoms with E-state index in [1.54, 1.807) is 6.07 Å². The zero-order valence-corrected chi connectivity index (χ0v) is 10.8. The molecule has 16 heavy (non-hydrogen) atoms. The molecule has 1 aromatic rings. The van der Waals surface area contributed by atoms with Crippen molar-refractivity contribution in [3.05, 3.63) is 29.8 Å². The summed E-state index contributed by atoms with van der Waals surface area (Å²) in [5, 5.41) is 9.85. The Morgan fingerprint density at radius 2 is 1.81 bits per heavy atom. The molecule has 0 spiro atoms. The number of nitrogens with zero attached hydrogens (tertiary/aromatic N) is 1. The topological polar surface area (TPSA) is 23.5 Å². The van der Waals surface area contributed by atoms with Crippen molar-refractivity contribution in [2.45, 2.75) is 46.2 Å². The standard InChI is InChI=1S/C14H23NO/c1-5-10-15(11(2)3)12(4)13-8-6-7-9-14(13)16/h6-9,11-12,16H,5,10H2,1-4H3. The van der Waals surface area contributed by atoms with E-state index in [-0.39, 0.29) is 6.04 Å². The third-order valence-corrected chi connectivity index (χ3v) is 3.03. The van der Waals surface area contributed by atoms with Crippen LogP contribution in [0.5, 0.6) is 5.75 Å². The minimum absolute atomic E-state index is 0.265. The predicted octanol–water partition coefficient (Wildman–Crippen LogP) is 3.57. The Kier molecular flexibility index (Phi) is 4.81. The average molecular weight is 221 g/mol. The number of rotatable bonds is 5. The van der Waals surface area contributed by atoms with Gasteiger partial charge in [0.2, 0.25) is 0 Å². The molecule has 0 aliphatic carbocycles. The Hall–Kier alpha value is -1.02. The molecule has 0 aliphatic rings. The highest BCUT2D eigenvalue weighted by Gasteiger charge is 2.19. The highest BCUT2D eigenvalue weighted by molar-refractivity contribution is 5.34. The number of phenols is 1. The minimum atomic E-state index is 0.265. The second-order valence-corrected chi connectivity index (χ2v) is 4.57. The first kappa shape index (κ1) is 13.0. The molecule has 0 aromatic heterocycles. The number of hydrogen-bond donors (Lipinski definition) is 1. The van der Waals surface area contributed by atoms with Crippen molar-refractivity contribution in [1.82, 2.24) is 4.90 Å². The van der Waals surface area contributed by atoms with Gasteiger partial charge in [-0.05, 0) is 39.8 Å². The Morgan fingerprint density at radius 3 is 2.31 bits per heavy atom. The van der Waals surface area contributed by atoms with Gasteiger partial charge < -0.3 is 5.11 Å². The number of hydrogen-bond acceptors (Lipinski definition) is 2. The van der Waals surface area contributed by atoms with Crippen molar-refractivity contribution in [2.75, 3.05) is 6.54 Å². The summed E-state index contributed by atoms with van der Waals surface area (Å²) >= 11 is 0. The van der Waals surface area contributed by atoms with Crippen LogP contribution in [0.1, 0.15) is 45.7 Å². The van der Waals surface area contributed by atoms with Gasteiger partial charge in [-0.15, -0.1) is 0 Å². The summed E-state index contributed by atoms with van der Waals surface area (Å²) in [5.74, 6) is 0.400. The van der Waals surface area contributed by atoms with E-state index in [0.29, 0.717) is 11.8 Å². The summed E-state index contributed by atoms with van der Waals surface area (Å²) in [5.41, 5.74) is 1.02. The summed E-state index contributed by atoms with van der Waals surface area (Å²) in [6, 6.07) is 8.37. The second-order valence-electron chi connectivity index (χ2n) is 4.57. The van der Waals surface area contributed by atoms with Gasteiger partial charge in [-0.25, -0.2) is 0 Å².